The molecule has 7 nitrogen and oxygen atoms in total. The summed E-state index contributed by atoms with van der Waals surface area (Å²) in [6.07, 6.45) is 2.03. The number of carbonyl (C=O) groups excluding carboxylic acids is 1. The Bertz CT molecular complexity index is 1500. The van der Waals surface area contributed by atoms with E-state index in [1.165, 1.54) is 6.26 Å². The molecule has 2 saturated heterocycles. The van der Waals surface area contributed by atoms with Gasteiger partial charge in [0.2, 0.25) is 0 Å². The highest BCUT2D eigenvalue weighted by molar-refractivity contribution is 8.00. The van der Waals surface area contributed by atoms with Gasteiger partial charge in [0.25, 0.3) is 0 Å². The molecule has 42 heavy (non-hydrogen) atoms. The number of hydrogen-bond acceptors (Lipinski definition) is 7. The second-order valence-electron chi connectivity index (χ2n) is 11.2. The van der Waals surface area contributed by atoms with E-state index in [-0.39, 0.29) is 12.2 Å². The normalized spacial score (nSPS) is 17.4. The predicted octanol–water partition coefficient (Wildman–Crippen LogP) is 5.06. The molecule has 2 aliphatic heterocycles. The second kappa shape index (κ2) is 12.9. The van der Waals surface area contributed by atoms with E-state index in [4.69, 9.17) is 23.2 Å². The second-order valence-corrected chi connectivity index (χ2v) is 14.0. The molecule has 10 heteroatoms. The summed E-state index contributed by atoms with van der Waals surface area (Å²) in [5.74, 6) is 0. The Kier molecular flexibility index (Phi) is 9.42. The minimum atomic E-state index is -3.50. The lowest BCUT2D eigenvalue weighted by Crippen LogP contribution is -2.55. The summed E-state index contributed by atoms with van der Waals surface area (Å²) in [6, 6.07) is 23.3. The molecule has 0 amide bonds. The smallest absolute Gasteiger partial charge is 0.176 e. The fourth-order valence-electron chi connectivity index (χ4n) is 5.98. The highest BCUT2D eigenvalue weighted by Crippen LogP contribution is 2.39. The molecular formula is C32H36Cl2N4O3S. The number of hydrogen-bond donors (Lipinski definition) is 0. The van der Waals surface area contributed by atoms with Crippen LogP contribution in [0.5, 0.6) is 0 Å². The molecule has 0 bridgehead atoms. The summed E-state index contributed by atoms with van der Waals surface area (Å²) in [7, 11) is 0.312. The maximum absolute atomic E-state index is 13.2. The van der Waals surface area contributed by atoms with E-state index in [9.17, 15) is 13.2 Å². The zero-order valence-corrected chi connectivity index (χ0v) is 26.4. The van der Waals surface area contributed by atoms with Crippen LogP contribution < -0.4 is 4.90 Å². The molecule has 1 atom stereocenters. The van der Waals surface area contributed by atoms with E-state index < -0.39 is 9.84 Å². The van der Waals surface area contributed by atoms with E-state index in [1.54, 1.807) is 0 Å². The van der Waals surface area contributed by atoms with E-state index >= 15 is 0 Å². The maximum atomic E-state index is 13.2. The Balaban J connectivity index is 1.40. The van der Waals surface area contributed by atoms with Crippen molar-refractivity contribution in [2.45, 2.75) is 12.2 Å². The first kappa shape index (κ1) is 30.7. The van der Waals surface area contributed by atoms with E-state index in [1.807, 2.05) is 91.8 Å². The van der Waals surface area contributed by atoms with Gasteiger partial charge in [-0.3, -0.25) is 14.7 Å². The van der Waals surface area contributed by atoms with Crippen LogP contribution in [0.2, 0.25) is 10.0 Å². The third-order valence-electron chi connectivity index (χ3n) is 8.03. The molecular weight excluding hydrogens is 591 g/mol. The number of halogens is 2. The van der Waals surface area contributed by atoms with Gasteiger partial charge < -0.3 is 9.69 Å². The lowest BCUT2D eigenvalue weighted by atomic mass is 9.92. The molecule has 222 valence electrons. The minimum absolute atomic E-state index is 0.0657. The van der Waals surface area contributed by atoms with Crippen molar-refractivity contribution in [3.63, 3.8) is 0 Å². The van der Waals surface area contributed by atoms with E-state index in [0.717, 1.165) is 54.9 Å². The number of benzene rings is 3. The SMILES string of the molecule is CN(C)C(C=O)N1CCN(c2cccc(C(=C3CN(C(c4ccc(Cl)cc4)c4ccc(Cl)cc4)C3)S(C)(=O)=O)c2)CC1. The van der Waals surface area contributed by atoms with Gasteiger partial charge in [-0.1, -0.05) is 59.6 Å². The Morgan fingerprint density at radius 2 is 1.38 bits per heavy atom. The van der Waals surface area contributed by atoms with Gasteiger partial charge >= 0.3 is 0 Å². The topological polar surface area (TPSA) is 64.2 Å². The molecule has 2 aliphatic rings. The molecule has 3 aromatic rings. The third-order valence-corrected chi connectivity index (χ3v) is 9.80. The van der Waals surface area contributed by atoms with E-state index in [0.29, 0.717) is 33.6 Å². The van der Waals surface area contributed by atoms with Gasteiger partial charge in [-0.15, -0.1) is 0 Å². The Morgan fingerprint density at radius 1 is 0.833 bits per heavy atom. The number of aldehydes is 1. The minimum Gasteiger partial charge on any atom is -0.369 e. The molecule has 3 aromatic carbocycles. The van der Waals surface area contributed by atoms with Crippen LogP contribution in [-0.4, -0.2) is 95.2 Å². The lowest BCUT2D eigenvalue weighted by Gasteiger charge is -2.42. The van der Waals surface area contributed by atoms with Gasteiger partial charge in [0.15, 0.2) is 16.1 Å². The molecule has 2 fully saturated rings. The lowest BCUT2D eigenvalue weighted by molar-refractivity contribution is -0.117. The van der Waals surface area contributed by atoms with Crippen LogP contribution in [0.1, 0.15) is 22.7 Å². The monoisotopic (exact) mass is 626 g/mol. The number of nitrogens with zero attached hydrogens (tertiary/aromatic N) is 4. The number of carbonyl (C=O) groups is 1. The van der Waals surface area contributed by atoms with Gasteiger partial charge in [-0.25, -0.2) is 8.42 Å². The summed E-state index contributed by atoms with van der Waals surface area (Å²) in [5.41, 5.74) is 4.74. The molecule has 2 heterocycles. The highest BCUT2D eigenvalue weighted by Gasteiger charge is 2.35. The molecule has 0 spiro atoms. The summed E-state index contributed by atoms with van der Waals surface area (Å²) >= 11 is 12.4. The fraction of sp³-hybridized carbons (Fsp3) is 0.344. The molecule has 1 unspecified atom stereocenters. The molecule has 0 saturated carbocycles. The highest BCUT2D eigenvalue weighted by atomic mass is 35.5. The van der Waals surface area contributed by atoms with Crippen molar-refractivity contribution >= 4 is 49.9 Å². The molecule has 0 aliphatic carbocycles. The van der Waals surface area contributed by atoms with Crippen molar-refractivity contribution in [1.82, 2.24) is 14.7 Å². The Labute approximate surface area is 258 Å². The molecule has 0 aromatic heterocycles. The number of piperazine rings is 1. The third kappa shape index (κ3) is 6.75. The van der Waals surface area contributed by atoms with Crippen molar-refractivity contribution in [3.05, 3.63) is 105 Å². The zero-order chi connectivity index (χ0) is 30.0. The van der Waals surface area contributed by atoms with Gasteiger partial charge in [-0.2, -0.15) is 0 Å². The Morgan fingerprint density at radius 3 is 1.86 bits per heavy atom. The van der Waals surface area contributed by atoms with Crippen LogP contribution in [0.25, 0.3) is 4.91 Å². The molecule has 0 N–H and O–H groups in total. The molecule has 5 rings (SSSR count). The van der Waals surface area contributed by atoms with Gasteiger partial charge in [0.05, 0.1) is 10.9 Å². The van der Waals surface area contributed by atoms with Crippen LogP contribution in [0.3, 0.4) is 0 Å². The summed E-state index contributed by atoms with van der Waals surface area (Å²) in [5, 5.41) is 1.33. The van der Waals surface area contributed by atoms with Gasteiger partial charge in [0, 0.05) is 61.3 Å². The van der Waals surface area contributed by atoms with E-state index in [2.05, 4.69) is 14.7 Å². The predicted molar refractivity (Wildman–Crippen MR) is 172 cm³/mol. The average molecular weight is 628 g/mol. The van der Waals surface area contributed by atoms with Gasteiger partial charge in [-0.05, 0) is 72.8 Å². The van der Waals surface area contributed by atoms with Crippen molar-refractivity contribution in [2.75, 3.05) is 64.5 Å². The van der Waals surface area contributed by atoms with Crippen molar-refractivity contribution in [2.24, 2.45) is 0 Å². The number of sulfone groups is 1. The van der Waals surface area contributed by atoms with Crippen LogP contribution in [-0.2, 0) is 14.6 Å². The number of likely N-dealkylation sites (N-methyl/N-ethyl adjacent to an activating group) is 1. The largest absolute Gasteiger partial charge is 0.369 e. The number of likely N-dealkylation sites (tertiary alicyclic amines) is 1. The number of rotatable bonds is 9. The zero-order valence-electron chi connectivity index (χ0n) is 24.1. The summed E-state index contributed by atoms with van der Waals surface area (Å²) in [4.78, 5) is 20.6. The van der Waals surface area contributed by atoms with Crippen LogP contribution in [0.4, 0.5) is 5.69 Å². The van der Waals surface area contributed by atoms with Crippen molar-refractivity contribution in [1.29, 1.82) is 0 Å². The quantitative estimate of drug-likeness (QED) is 0.308. The Hall–Kier alpha value is -2.72. The average Bonchev–Trinajstić information content (AvgIpc) is 2.93. The molecule has 0 radical (unpaired) electrons. The number of anilines is 1. The van der Waals surface area contributed by atoms with Crippen LogP contribution in [0.15, 0.2) is 78.4 Å². The summed E-state index contributed by atoms with van der Waals surface area (Å²) in [6.45, 7) is 4.06. The standard InChI is InChI=1S/C32H36Cl2N4O3S/c1-35(2)30(22-39)37-17-15-36(16-18-37)29-6-4-5-25(19-29)32(42(3,40)41)26-20-38(21-26)31(23-7-11-27(33)12-8-23)24-9-13-28(34)14-10-24/h4-14,19,22,30-31H,15-18,20-21H2,1-3H3. The van der Waals surface area contributed by atoms with Crippen molar-refractivity contribution in [3.8, 4) is 0 Å². The first-order valence-corrected chi connectivity index (χ1v) is 16.6. The van der Waals surface area contributed by atoms with Gasteiger partial charge in [0.1, 0.15) is 6.17 Å². The van der Waals surface area contributed by atoms with Crippen molar-refractivity contribution < 1.29 is 13.2 Å². The first-order valence-electron chi connectivity index (χ1n) is 13.9. The maximum Gasteiger partial charge on any atom is 0.176 e. The fourth-order valence-corrected chi connectivity index (χ4v) is 7.44. The summed E-state index contributed by atoms with van der Waals surface area (Å²) < 4.78 is 26.4. The van der Waals surface area contributed by atoms with Crippen LogP contribution >= 0.6 is 23.2 Å². The first-order chi connectivity index (χ1) is 20.0. The van der Waals surface area contributed by atoms with Crippen LogP contribution in [0, 0.1) is 0 Å².